The smallest absolute Gasteiger partial charge is 0.0480 e. The number of hydrogen-bond donors (Lipinski definition) is 1. The Morgan fingerprint density at radius 2 is 1.93 bits per heavy atom. The SMILES string of the molecule is NCCCCn1ccc2ccccc21. The second-order valence-electron chi connectivity index (χ2n) is 3.56. The number of nitrogens with zero attached hydrogens (tertiary/aromatic N) is 1. The first-order valence-electron chi connectivity index (χ1n) is 5.16. The molecule has 1 aromatic carbocycles. The predicted octanol–water partition coefficient (Wildman–Crippen LogP) is 2.38. The zero-order valence-corrected chi connectivity index (χ0v) is 8.32. The standard InChI is InChI=1S/C12H16N2/c13-8-3-4-9-14-10-7-11-5-1-2-6-12(11)14/h1-2,5-7,10H,3-4,8-9,13H2. The van der Waals surface area contributed by atoms with Crippen molar-refractivity contribution in [2.75, 3.05) is 6.54 Å². The second-order valence-corrected chi connectivity index (χ2v) is 3.56. The molecule has 2 aromatic rings. The number of aromatic nitrogens is 1. The number of unbranched alkanes of at least 4 members (excludes halogenated alkanes) is 1. The summed E-state index contributed by atoms with van der Waals surface area (Å²) in [5.74, 6) is 0. The molecular weight excluding hydrogens is 172 g/mol. The number of fused-ring (bicyclic) bond motifs is 1. The summed E-state index contributed by atoms with van der Waals surface area (Å²) in [6.45, 7) is 1.86. The van der Waals surface area contributed by atoms with E-state index in [1.165, 1.54) is 10.9 Å². The third kappa shape index (κ3) is 1.80. The van der Waals surface area contributed by atoms with E-state index in [0.29, 0.717) is 0 Å². The summed E-state index contributed by atoms with van der Waals surface area (Å²) >= 11 is 0. The summed E-state index contributed by atoms with van der Waals surface area (Å²) in [4.78, 5) is 0. The van der Waals surface area contributed by atoms with Gasteiger partial charge in [-0.3, -0.25) is 0 Å². The molecule has 0 atom stereocenters. The lowest BCUT2D eigenvalue weighted by Crippen LogP contribution is -2.02. The lowest BCUT2D eigenvalue weighted by atomic mass is 10.2. The number of para-hydroxylation sites is 1. The molecule has 0 radical (unpaired) electrons. The van der Waals surface area contributed by atoms with Crippen molar-refractivity contribution in [3.05, 3.63) is 36.5 Å². The topological polar surface area (TPSA) is 30.9 Å². The van der Waals surface area contributed by atoms with E-state index in [2.05, 4.69) is 41.1 Å². The van der Waals surface area contributed by atoms with Crippen molar-refractivity contribution in [1.82, 2.24) is 4.57 Å². The van der Waals surface area contributed by atoms with Gasteiger partial charge < -0.3 is 10.3 Å². The van der Waals surface area contributed by atoms with Crippen molar-refractivity contribution in [2.45, 2.75) is 19.4 Å². The first-order chi connectivity index (χ1) is 6.92. The van der Waals surface area contributed by atoms with Crippen LogP contribution in [0.25, 0.3) is 10.9 Å². The van der Waals surface area contributed by atoms with Crippen LogP contribution in [0.4, 0.5) is 0 Å². The Labute approximate surface area is 84.3 Å². The molecule has 2 nitrogen and oxygen atoms in total. The third-order valence-electron chi connectivity index (χ3n) is 2.53. The van der Waals surface area contributed by atoms with Crippen LogP contribution in [0, 0.1) is 0 Å². The number of benzene rings is 1. The quantitative estimate of drug-likeness (QED) is 0.734. The maximum atomic E-state index is 5.47. The highest BCUT2D eigenvalue weighted by molar-refractivity contribution is 5.79. The highest BCUT2D eigenvalue weighted by atomic mass is 14.9. The van der Waals surface area contributed by atoms with Crippen LogP contribution in [0.3, 0.4) is 0 Å². The fraction of sp³-hybridized carbons (Fsp3) is 0.333. The van der Waals surface area contributed by atoms with E-state index in [1.54, 1.807) is 0 Å². The van der Waals surface area contributed by atoms with Crippen LogP contribution in [0.15, 0.2) is 36.5 Å². The number of aryl methyl sites for hydroxylation is 1. The van der Waals surface area contributed by atoms with Crippen LogP contribution >= 0.6 is 0 Å². The maximum absolute atomic E-state index is 5.47. The van der Waals surface area contributed by atoms with Crippen molar-refractivity contribution in [2.24, 2.45) is 5.73 Å². The molecule has 14 heavy (non-hydrogen) atoms. The molecule has 1 heterocycles. The van der Waals surface area contributed by atoms with Gasteiger partial charge in [0, 0.05) is 18.3 Å². The van der Waals surface area contributed by atoms with Gasteiger partial charge in [-0.2, -0.15) is 0 Å². The number of nitrogens with two attached hydrogens (primary N) is 1. The Morgan fingerprint density at radius 3 is 2.79 bits per heavy atom. The van der Waals surface area contributed by atoms with Crippen LogP contribution in [0.1, 0.15) is 12.8 Å². The summed E-state index contributed by atoms with van der Waals surface area (Å²) in [7, 11) is 0. The average Bonchev–Trinajstić information content (AvgIpc) is 2.63. The lowest BCUT2D eigenvalue weighted by Gasteiger charge is -2.03. The predicted molar refractivity (Wildman–Crippen MR) is 60.2 cm³/mol. The van der Waals surface area contributed by atoms with Crippen LogP contribution < -0.4 is 5.73 Å². The molecule has 0 aliphatic carbocycles. The Hall–Kier alpha value is -1.28. The van der Waals surface area contributed by atoms with Crippen LogP contribution in [-0.2, 0) is 6.54 Å². The molecule has 2 N–H and O–H groups in total. The van der Waals surface area contributed by atoms with Gasteiger partial charge in [-0.15, -0.1) is 0 Å². The largest absolute Gasteiger partial charge is 0.347 e. The molecular formula is C12H16N2. The van der Waals surface area contributed by atoms with E-state index in [9.17, 15) is 0 Å². The minimum absolute atomic E-state index is 0.791. The Morgan fingerprint density at radius 1 is 1.07 bits per heavy atom. The Balaban J connectivity index is 2.17. The van der Waals surface area contributed by atoms with Crippen molar-refractivity contribution in [3.63, 3.8) is 0 Å². The van der Waals surface area contributed by atoms with Gasteiger partial charge in [0.25, 0.3) is 0 Å². The molecule has 0 saturated carbocycles. The van der Waals surface area contributed by atoms with Gasteiger partial charge in [0.2, 0.25) is 0 Å². The van der Waals surface area contributed by atoms with Crippen LogP contribution in [0.5, 0.6) is 0 Å². The summed E-state index contributed by atoms with van der Waals surface area (Å²) in [6.07, 6.45) is 4.42. The zero-order valence-electron chi connectivity index (χ0n) is 8.32. The van der Waals surface area contributed by atoms with Crippen LogP contribution in [-0.4, -0.2) is 11.1 Å². The van der Waals surface area contributed by atoms with E-state index in [1.807, 2.05) is 0 Å². The minimum Gasteiger partial charge on any atom is -0.347 e. The molecule has 0 amide bonds. The normalized spacial score (nSPS) is 10.9. The van der Waals surface area contributed by atoms with Gasteiger partial charge in [0.15, 0.2) is 0 Å². The fourth-order valence-corrected chi connectivity index (χ4v) is 1.76. The Kier molecular flexibility index (Phi) is 2.84. The minimum atomic E-state index is 0.791. The summed E-state index contributed by atoms with van der Waals surface area (Å²) in [5, 5.41) is 1.32. The number of rotatable bonds is 4. The molecule has 0 aliphatic heterocycles. The first-order valence-corrected chi connectivity index (χ1v) is 5.16. The average molecular weight is 188 g/mol. The van der Waals surface area contributed by atoms with Gasteiger partial charge in [0.05, 0.1) is 0 Å². The fourth-order valence-electron chi connectivity index (χ4n) is 1.76. The summed E-state index contributed by atoms with van der Waals surface area (Å²) in [6, 6.07) is 10.6. The molecule has 1 aromatic heterocycles. The van der Waals surface area contributed by atoms with Crippen molar-refractivity contribution in [1.29, 1.82) is 0 Å². The van der Waals surface area contributed by atoms with Crippen LogP contribution in [0.2, 0.25) is 0 Å². The Bertz CT molecular complexity index is 403. The second kappa shape index (κ2) is 4.29. The van der Waals surface area contributed by atoms with E-state index in [4.69, 9.17) is 5.73 Å². The van der Waals surface area contributed by atoms with E-state index < -0.39 is 0 Å². The van der Waals surface area contributed by atoms with E-state index >= 15 is 0 Å². The van der Waals surface area contributed by atoms with Gasteiger partial charge in [-0.1, -0.05) is 18.2 Å². The van der Waals surface area contributed by atoms with Crippen molar-refractivity contribution >= 4 is 10.9 Å². The van der Waals surface area contributed by atoms with Crippen molar-refractivity contribution < 1.29 is 0 Å². The van der Waals surface area contributed by atoms with E-state index in [-0.39, 0.29) is 0 Å². The highest BCUT2D eigenvalue weighted by Crippen LogP contribution is 2.15. The zero-order chi connectivity index (χ0) is 9.80. The molecule has 0 bridgehead atoms. The molecule has 0 fully saturated rings. The highest BCUT2D eigenvalue weighted by Gasteiger charge is 1.98. The summed E-state index contributed by atoms with van der Waals surface area (Å²) in [5.41, 5.74) is 6.79. The molecule has 0 unspecified atom stereocenters. The van der Waals surface area contributed by atoms with Gasteiger partial charge in [-0.05, 0) is 36.9 Å². The summed E-state index contributed by atoms with van der Waals surface area (Å²) < 4.78 is 2.30. The number of hydrogen-bond acceptors (Lipinski definition) is 1. The maximum Gasteiger partial charge on any atom is 0.0480 e. The molecule has 2 rings (SSSR count). The van der Waals surface area contributed by atoms with E-state index in [0.717, 1.165) is 25.9 Å². The molecule has 0 aliphatic rings. The molecule has 2 heteroatoms. The molecule has 0 spiro atoms. The molecule has 0 saturated heterocycles. The van der Waals surface area contributed by atoms with Gasteiger partial charge in [-0.25, -0.2) is 0 Å². The molecule has 74 valence electrons. The monoisotopic (exact) mass is 188 g/mol. The third-order valence-corrected chi connectivity index (χ3v) is 2.53. The lowest BCUT2D eigenvalue weighted by molar-refractivity contribution is 0.630. The van der Waals surface area contributed by atoms with Gasteiger partial charge in [0.1, 0.15) is 0 Å². The first kappa shape index (κ1) is 9.28. The van der Waals surface area contributed by atoms with Crippen molar-refractivity contribution in [3.8, 4) is 0 Å². The van der Waals surface area contributed by atoms with Gasteiger partial charge >= 0.3 is 0 Å².